The van der Waals surface area contributed by atoms with Gasteiger partial charge in [0, 0.05) is 44.4 Å². The summed E-state index contributed by atoms with van der Waals surface area (Å²) in [5, 5.41) is 0. The van der Waals surface area contributed by atoms with Gasteiger partial charge in [-0.2, -0.15) is 0 Å². The van der Waals surface area contributed by atoms with Gasteiger partial charge in [-0.3, -0.25) is 9.80 Å². The summed E-state index contributed by atoms with van der Waals surface area (Å²) < 4.78 is 8.05. The van der Waals surface area contributed by atoms with E-state index < -0.39 is 0 Å². The summed E-state index contributed by atoms with van der Waals surface area (Å²) in [5.41, 5.74) is 3.85. The Morgan fingerprint density at radius 2 is 1.82 bits per heavy atom. The third kappa shape index (κ3) is 2.94. The summed E-state index contributed by atoms with van der Waals surface area (Å²) in [6, 6.07) is 15.9. The smallest absolute Gasteiger partial charge is 0.415 e. The number of fused-ring (bicyclic) bond motifs is 1. The van der Waals surface area contributed by atoms with Crippen molar-refractivity contribution >= 4 is 17.4 Å². The summed E-state index contributed by atoms with van der Waals surface area (Å²) in [6.45, 7) is 5.40. The maximum atomic E-state index is 12.5. The maximum Gasteiger partial charge on any atom is 0.415 e. The number of anilines is 1. The van der Waals surface area contributed by atoms with Crippen LogP contribution in [0.15, 0.2) is 54.7 Å². The minimum absolute atomic E-state index is 0.225. The molecule has 28 heavy (non-hydrogen) atoms. The largest absolute Gasteiger partial charge is 0.441 e. The molecule has 0 saturated carbocycles. The van der Waals surface area contributed by atoms with Gasteiger partial charge in [0.05, 0.1) is 17.9 Å². The molecule has 0 atom stereocenters. The highest BCUT2D eigenvalue weighted by Crippen LogP contribution is 2.36. The molecule has 2 aromatic heterocycles. The Bertz CT molecular complexity index is 1010. The number of para-hydroxylation sites is 1. The molecule has 2 fully saturated rings. The molecule has 6 heteroatoms. The Kier molecular flexibility index (Phi) is 4.09. The van der Waals surface area contributed by atoms with Crippen LogP contribution in [0.3, 0.4) is 0 Å². The number of hydrogen-bond acceptors (Lipinski definition) is 4. The van der Waals surface area contributed by atoms with Crippen molar-refractivity contribution in [1.29, 1.82) is 0 Å². The molecule has 1 aromatic carbocycles. The predicted octanol–water partition coefficient (Wildman–Crippen LogP) is 3.63. The van der Waals surface area contributed by atoms with E-state index in [-0.39, 0.29) is 11.7 Å². The molecular formula is C22H24N4O2. The molecule has 0 aliphatic carbocycles. The number of nitrogens with zero attached hydrogens (tertiary/aromatic N) is 4. The van der Waals surface area contributed by atoms with Crippen molar-refractivity contribution in [2.45, 2.75) is 31.9 Å². The molecule has 3 aromatic rings. The first-order valence-corrected chi connectivity index (χ1v) is 9.84. The van der Waals surface area contributed by atoms with Crippen LogP contribution in [-0.4, -0.2) is 45.6 Å². The Balaban J connectivity index is 1.28. The lowest BCUT2D eigenvalue weighted by Crippen LogP contribution is -2.46. The van der Waals surface area contributed by atoms with Gasteiger partial charge in [0.15, 0.2) is 0 Å². The Morgan fingerprint density at radius 3 is 2.61 bits per heavy atom. The Morgan fingerprint density at radius 1 is 1.07 bits per heavy atom. The van der Waals surface area contributed by atoms with Crippen LogP contribution >= 0.6 is 0 Å². The summed E-state index contributed by atoms with van der Waals surface area (Å²) >= 11 is 0. The molecule has 144 valence electrons. The molecule has 2 saturated heterocycles. The van der Waals surface area contributed by atoms with Gasteiger partial charge >= 0.3 is 6.09 Å². The zero-order valence-electron chi connectivity index (χ0n) is 16.0. The van der Waals surface area contributed by atoms with E-state index in [2.05, 4.69) is 27.4 Å². The van der Waals surface area contributed by atoms with Crippen LogP contribution in [0.5, 0.6) is 0 Å². The predicted molar refractivity (Wildman–Crippen MR) is 107 cm³/mol. The highest BCUT2D eigenvalue weighted by Gasteiger charge is 2.47. The number of likely N-dealkylation sites (tertiary alicyclic amines) is 1. The van der Waals surface area contributed by atoms with E-state index in [9.17, 15) is 4.79 Å². The first kappa shape index (κ1) is 17.3. The van der Waals surface area contributed by atoms with Crippen LogP contribution in [0.1, 0.15) is 24.2 Å². The van der Waals surface area contributed by atoms with Crippen molar-refractivity contribution in [1.82, 2.24) is 14.3 Å². The van der Waals surface area contributed by atoms with Crippen molar-refractivity contribution in [3.8, 4) is 0 Å². The second-order valence-corrected chi connectivity index (χ2v) is 7.82. The molecule has 2 aliphatic rings. The lowest BCUT2D eigenvalue weighted by atomic mass is 9.91. The molecule has 6 nitrogen and oxygen atoms in total. The monoisotopic (exact) mass is 376 g/mol. The van der Waals surface area contributed by atoms with Crippen molar-refractivity contribution in [2.75, 3.05) is 24.5 Å². The number of benzene rings is 1. The van der Waals surface area contributed by atoms with Gasteiger partial charge in [-0.05, 0) is 31.2 Å². The van der Waals surface area contributed by atoms with Gasteiger partial charge in [-0.25, -0.2) is 9.78 Å². The fourth-order valence-corrected chi connectivity index (χ4v) is 4.38. The zero-order valence-corrected chi connectivity index (χ0v) is 16.0. The van der Waals surface area contributed by atoms with Crippen LogP contribution in [0.4, 0.5) is 10.5 Å². The number of carbonyl (C=O) groups is 1. The molecule has 1 amide bonds. The van der Waals surface area contributed by atoms with Gasteiger partial charge in [-0.15, -0.1) is 0 Å². The standard InChI is InChI=1S/C22H24N4O2/c1-17-19(25-12-6-5-9-20(25)23-17)15-24-13-10-22(11-14-24)16-26(21(27)28-22)18-7-3-2-4-8-18/h2-9,12H,10-11,13-16H2,1H3. The molecule has 4 heterocycles. The lowest BCUT2D eigenvalue weighted by Gasteiger charge is -2.37. The van der Waals surface area contributed by atoms with Gasteiger partial charge in [0.25, 0.3) is 0 Å². The number of piperidine rings is 1. The third-order valence-corrected chi connectivity index (χ3v) is 6.01. The van der Waals surface area contributed by atoms with E-state index in [0.717, 1.165) is 49.5 Å². The van der Waals surface area contributed by atoms with Crippen molar-refractivity contribution < 1.29 is 9.53 Å². The summed E-state index contributed by atoms with van der Waals surface area (Å²) in [5.74, 6) is 0. The molecule has 0 N–H and O–H groups in total. The number of carbonyl (C=O) groups excluding carboxylic acids is 1. The first-order chi connectivity index (χ1) is 13.6. The number of aromatic nitrogens is 2. The van der Waals surface area contributed by atoms with E-state index in [1.807, 2.05) is 48.5 Å². The fraction of sp³-hybridized carbons (Fsp3) is 0.364. The molecule has 2 aliphatic heterocycles. The Hall–Kier alpha value is -2.86. The van der Waals surface area contributed by atoms with E-state index in [1.54, 1.807) is 4.90 Å². The van der Waals surface area contributed by atoms with Crippen molar-refractivity contribution in [2.24, 2.45) is 0 Å². The van der Waals surface area contributed by atoms with Crippen LogP contribution < -0.4 is 4.90 Å². The number of pyridine rings is 1. The normalized spacial score (nSPS) is 19.5. The summed E-state index contributed by atoms with van der Waals surface area (Å²) in [7, 11) is 0. The van der Waals surface area contributed by atoms with Crippen LogP contribution in [0, 0.1) is 6.92 Å². The second-order valence-electron chi connectivity index (χ2n) is 7.82. The van der Waals surface area contributed by atoms with Gasteiger partial charge in [-0.1, -0.05) is 24.3 Å². The molecular weight excluding hydrogens is 352 g/mol. The Labute approximate surface area is 164 Å². The lowest BCUT2D eigenvalue weighted by molar-refractivity contribution is -0.00131. The molecule has 0 unspecified atom stereocenters. The quantitative estimate of drug-likeness (QED) is 0.700. The average molecular weight is 376 g/mol. The molecule has 0 bridgehead atoms. The maximum absolute atomic E-state index is 12.5. The number of ether oxygens (including phenoxy) is 1. The van der Waals surface area contributed by atoms with Crippen LogP contribution in [0.25, 0.3) is 5.65 Å². The minimum atomic E-state index is -0.363. The molecule has 1 spiro atoms. The van der Waals surface area contributed by atoms with Gasteiger partial charge < -0.3 is 9.14 Å². The van der Waals surface area contributed by atoms with E-state index in [0.29, 0.717) is 6.54 Å². The SMILES string of the molecule is Cc1nc2ccccn2c1CN1CCC2(CC1)CN(c1ccccc1)C(=O)O2. The van der Waals surface area contributed by atoms with Gasteiger partial charge in [0.2, 0.25) is 0 Å². The van der Waals surface area contributed by atoms with E-state index in [1.165, 1.54) is 5.69 Å². The van der Waals surface area contributed by atoms with Crippen molar-refractivity contribution in [3.05, 3.63) is 66.1 Å². The molecule has 0 radical (unpaired) electrons. The van der Waals surface area contributed by atoms with E-state index >= 15 is 0 Å². The zero-order chi connectivity index (χ0) is 19.1. The number of amides is 1. The minimum Gasteiger partial charge on any atom is -0.441 e. The highest BCUT2D eigenvalue weighted by atomic mass is 16.6. The second kappa shape index (κ2) is 6.63. The number of imidazole rings is 1. The van der Waals surface area contributed by atoms with Crippen LogP contribution in [0.2, 0.25) is 0 Å². The first-order valence-electron chi connectivity index (χ1n) is 9.84. The summed E-state index contributed by atoms with van der Waals surface area (Å²) in [4.78, 5) is 21.3. The molecule has 5 rings (SSSR count). The van der Waals surface area contributed by atoms with Crippen LogP contribution in [-0.2, 0) is 11.3 Å². The highest BCUT2D eigenvalue weighted by molar-refractivity contribution is 5.90. The van der Waals surface area contributed by atoms with Gasteiger partial charge in [0.1, 0.15) is 11.2 Å². The third-order valence-electron chi connectivity index (χ3n) is 6.01. The number of hydrogen-bond donors (Lipinski definition) is 0. The fourth-order valence-electron chi connectivity index (χ4n) is 4.38. The topological polar surface area (TPSA) is 50.1 Å². The average Bonchev–Trinajstić information content (AvgIpc) is 3.21. The van der Waals surface area contributed by atoms with Crippen molar-refractivity contribution in [3.63, 3.8) is 0 Å². The number of aryl methyl sites for hydroxylation is 1. The summed E-state index contributed by atoms with van der Waals surface area (Å²) in [6.07, 6.45) is 3.57. The van der Waals surface area contributed by atoms with E-state index in [4.69, 9.17) is 4.74 Å². The number of rotatable bonds is 3.